The maximum atomic E-state index is 12.2. The largest absolute Gasteiger partial charge is 0.451 e. The first-order valence-electron chi connectivity index (χ1n) is 8.22. The smallest absolute Gasteiger partial charge is 0.348 e. The van der Waals surface area contributed by atoms with Gasteiger partial charge in [-0.25, -0.2) is 9.59 Å². The lowest BCUT2D eigenvalue weighted by Crippen LogP contribution is -2.49. The number of nitrogens with zero attached hydrogens (tertiary/aromatic N) is 3. The van der Waals surface area contributed by atoms with Gasteiger partial charge in [-0.15, -0.1) is 11.3 Å². The lowest BCUT2D eigenvalue weighted by Gasteiger charge is -2.19. The molecule has 4 amide bonds. The van der Waals surface area contributed by atoms with Gasteiger partial charge in [0.15, 0.2) is 6.61 Å². The molecule has 144 valence electrons. The quantitative estimate of drug-likeness (QED) is 0.574. The number of carbonyl (C=O) groups excluding carboxylic acids is 4. The number of ether oxygens (including phenoxy) is 1. The molecule has 1 aliphatic heterocycles. The van der Waals surface area contributed by atoms with Crippen molar-refractivity contribution in [2.45, 2.75) is 32.7 Å². The average molecular weight is 393 g/mol. The van der Waals surface area contributed by atoms with E-state index in [1.165, 1.54) is 11.3 Å². The lowest BCUT2D eigenvalue weighted by atomic mass is 10.00. The molecule has 27 heavy (non-hydrogen) atoms. The molecule has 2 aromatic heterocycles. The second-order valence-corrected chi connectivity index (χ2v) is 7.44. The third kappa shape index (κ3) is 3.25. The zero-order valence-electron chi connectivity index (χ0n) is 15.3. The predicted molar refractivity (Wildman–Crippen MR) is 95.8 cm³/mol. The molecule has 0 bridgehead atoms. The first-order valence-corrected chi connectivity index (χ1v) is 9.04. The molecule has 1 saturated heterocycles. The van der Waals surface area contributed by atoms with E-state index in [1.807, 2.05) is 6.92 Å². The fraction of sp³-hybridized carbons (Fsp3) is 0.438. The molecule has 2 aromatic rings. The number of hydrogen-bond acceptors (Lipinski definition) is 7. The van der Waals surface area contributed by atoms with E-state index in [0.717, 1.165) is 15.9 Å². The molecule has 2 N–H and O–H groups in total. The van der Waals surface area contributed by atoms with Crippen molar-refractivity contribution in [1.82, 2.24) is 25.5 Å². The van der Waals surface area contributed by atoms with Crippen LogP contribution in [0.3, 0.4) is 0 Å². The molecule has 0 aromatic carbocycles. The molecule has 0 aliphatic carbocycles. The molecule has 0 spiro atoms. The van der Waals surface area contributed by atoms with Crippen molar-refractivity contribution in [3.63, 3.8) is 0 Å². The normalized spacial score (nSPS) is 19.5. The van der Waals surface area contributed by atoms with Crippen molar-refractivity contribution in [2.24, 2.45) is 7.05 Å². The Hall–Kier alpha value is -2.95. The highest BCUT2D eigenvalue weighted by Crippen LogP contribution is 2.28. The number of aromatic nitrogens is 2. The van der Waals surface area contributed by atoms with Crippen molar-refractivity contribution < 1.29 is 23.9 Å². The average Bonchev–Trinajstić information content (AvgIpc) is 3.24. The summed E-state index contributed by atoms with van der Waals surface area (Å²) in [4.78, 5) is 49.4. The van der Waals surface area contributed by atoms with Gasteiger partial charge in [0.05, 0.1) is 5.69 Å². The van der Waals surface area contributed by atoms with Crippen LogP contribution in [0.25, 0.3) is 10.2 Å². The Bertz CT molecular complexity index is 929. The number of nitrogens with one attached hydrogen (secondary N) is 2. The van der Waals surface area contributed by atoms with Gasteiger partial charge in [-0.05, 0) is 26.3 Å². The van der Waals surface area contributed by atoms with Crippen LogP contribution >= 0.6 is 11.3 Å². The van der Waals surface area contributed by atoms with Crippen LogP contribution in [-0.4, -0.2) is 50.7 Å². The van der Waals surface area contributed by atoms with Crippen LogP contribution in [0.2, 0.25) is 0 Å². The van der Waals surface area contributed by atoms with Crippen molar-refractivity contribution in [3.8, 4) is 0 Å². The summed E-state index contributed by atoms with van der Waals surface area (Å²) in [6.07, 6.45) is 0.374. The standard InChI is InChI=1S/C16H19N5O5S/c1-5-16(3)14(24)21(15(25)17-16)19-11(22)7-26-13(23)10-6-9-8(2)18-20(4)12(9)27-10/h6H,5,7H2,1-4H3,(H,17,25)(H,19,22). The number of imide groups is 1. The number of aryl methyl sites for hydroxylation is 2. The first-order chi connectivity index (χ1) is 12.7. The maximum Gasteiger partial charge on any atom is 0.348 e. The van der Waals surface area contributed by atoms with E-state index >= 15 is 0 Å². The molecule has 1 aliphatic rings. The van der Waals surface area contributed by atoms with E-state index in [9.17, 15) is 19.2 Å². The molecule has 1 unspecified atom stereocenters. The fourth-order valence-electron chi connectivity index (χ4n) is 2.69. The van der Waals surface area contributed by atoms with E-state index in [4.69, 9.17) is 4.74 Å². The molecule has 1 atom stereocenters. The van der Waals surface area contributed by atoms with Gasteiger partial charge in [0.2, 0.25) is 0 Å². The number of thiophene rings is 1. The second-order valence-electron chi connectivity index (χ2n) is 6.41. The van der Waals surface area contributed by atoms with Crippen LogP contribution in [-0.2, 0) is 21.4 Å². The van der Waals surface area contributed by atoms with Gasteiger partial charge < -0.3 is 10.1 Å². The van der Waals surface area contributed by atoms with Crippen LogP contribution in [0.5, 0.6) is 0 Å². The molecule has 10 nitrogen and oxygen atoms in total. The zero-order chi connectivity index (χ0) is 19.9. The molecular weight excluding hydrogens is 374 g/mol. The highest BCUT2D eigenvalue weighted by molar-refractivity contribution is 7.20. The van der Waals surface area contributed by atoms with Crippen LogP contribution < -0.4 is 10.7 Å². The Morgan fingerprint density at radius 2 is 2.11 bits per heavy atom. The maximum absolute atomic E-state index is 12.2. The van der Waals surface area contributed by atoms with Gasteiger partial charge in [-0.1, -0.05) is 6.92 Å². The summed E-state index contributed by atoms with van der Waals surface area (Å²) in [5.41, 5.74) is 1.88. The predicted octanol–water partition coefficient (Wildman–Crippen LogP) is 0.852. The SMILES string of the molecule is CCC1(C)NC(=O)N(NC(=O)COC(=O)c2cc3c(C)nn(C)c3s2)C1=O. The number of hydrazine groups is 1. The number of fused-ring (bicyclic) bond motifs is 1. The summed E-state index contributed by atoms with van der Waals surface area (Å²) in [5, 5.41) is 8.21. The van der Waals surface area contributed by atoms with Gasteiger partial charge >= 0.3 is 12.0 Å². The summed E-state index contributed by atoms with van der Waals surface area (Å²) in [6, 6.07) is 0.934. The van der Waals surface area contributed by atoms with Gasteiger partial charge in [-0.3, -0.25) is 19.7 Å². The third-order valence-electron chi connectivity index (χ3n) is 4.44. The summed E-state index contributed by atoms with van der Waals surface area (Å²) >= 11 is 1.21. The van der Waals surface area contributed by atoms with E-state index in [2.05, 4.69) is 15.8 Å². The Balaban J connectivity index is 1.60. The van der Waals surface area contributed by atoms with Crippen molar-refractivity contribution in [3.05, 3.63) is 16.6 Å². The minimum atomic E-state index is -1.07. The van der Waals surface area contributed by atoms with Crippen LogP contribution in [0.4, 0.5) is 4.79 Å². The van der Waals surface area contributed by atoms with Gasteiger partial charge in [0, 0.05) is 12.4 Å². The van der Waals surface area contributed by atoms with E-state index < -0.39 is 36.0 Å². The summed E-state index contributed by atoms with van der Waals surface area (Å²) in [6.45, 7) is 4.52. The molecule has 3 rings (SSSR count). The van der Waals surface area contributed by atoms with Crippen molar-refractivity contribution >= 4 is 45.4 Å². The van der Waals surface area contributed by atoms with Crippen molar-refractivity contribution in [1.29, 1.82) is 0 Å². The number of urea groups is 1. The fourth-order valence-corrected chi connectivity index (χ4v) is 3.71. The monoisotopic (exact) mass is 393 g/mol. The Morgan fingerprint density at radius 3 is 2.70 bits per heavy atom. The van der Waals surface area contributed by atoms with Gasteiger partial charge in [0.25, 0.3) is 11.8 Å². The van der Waals surface area contributed by atoms with E-state index in [0.29, 0.717) is 16.3 Å². The highest BCUT2D eigenvalue weighted by atomic mass is 32.1. The summed E-state index contributed by atoms with van der Waals surface area (Å²) < 4.78 is 6.66. The van der Waals surface area contributed by atoms with Crippen LogP contribution in [0.15, 0.2) is 6.07 Å². The molecule has 0 saturated carbocycles. The number of amides is 4. The Labute approximate surface area is 158 Å². The molecular formula is C16H19N5O5S. The van der Waals surface area contributed by atoms with Crippen LogP contribution in [0, 0.1) is 6.92 Å². The first kappa shape index (κ1) is 18.8. The van der Waals surface area contributed by atoms with Gasteiger partial charge in [0.1, 0.15) is 15.2 Å². The van der Waals surface area contributed by atoms with E-state index in [1.54, 1.807) is 31.6 Å². The molecule has 3 heterocycles. The summed E-state index contributed by atoms with van der Waals surface area (Å²) in [7, 11) is 1.77. The number of esters is 1. The number of hydrogen-bond donors (Lipinski definition) is 2. The summed E-state index contributed by atoms with van der Waals surface area (Å²) in [5.74, 6) is -2.02. The zero-order valence-corrected chi connectivity index (χ0v) is 16.1. The lowest BCUT2D eigenvalue weighted by molar-refractivity contribution is -0.139. The highest BCUT2D eigenvalue weighted by Gasteiger charge is 2.47. The number of rotatable bonds is 5. The minimum absolute atomic E-state index is 0.336. The Kier molecular flexibility index (Phi) is 4.64. The van der Waals surface area contributed by atoms with Crippen molar-refractivity contribution in [2.75, 3.05) is 6.61 Å². The minimum Gasteiger partial charge on any atom is -0.451 e. The van der Waals surface area contributed by atoms with E-state index in [-0.39, 0.29) is 0 Å². The van der Waals surface area contributed by atoms with Crippen LogP contribution in [0.1, 0.15) is 35.6 Å². The molecule has 0 radical (unpaired) electrons. The third-order valence-corrected chi connectivity index (χ3v) is 5.62. The topological polar surface area (TPSA) is 123 Å². The molecule has 11 heteroatoms. The Morgan fingerprint density at radius 1 is 1.41 bits per heavy atom. The van der Waals surface area contributed by atoms with Gasteiger partial charge in [-0.2, -0.15) is 10.1 Å². The number of carbonyl (C=O) groups is 4. The molecule has 1 fully saturated rings. The second kappa shape index (κ2) is 6.65.